The maximum absolute atomic E-state index is 6.54. The summed E-state index contributed by atoms with van der Waals surface area (Å²) in [5.74, 6) is 2.30. The Labute approximate surface area is 285 Å². The lowest BCUT2D eigenvalue weighted by molar-refractivity contribution is 0.0635. The second-order valence-electron chi connectivity index (χ2n) is 12.5. The molecule has 0 radical (unpaired) electrons. The number of unbranched alkanes of at least 4 members (excludes halogenated alkanes) is 18. The van der Waals surface area contributed by atoms with Crippen molar-refractivity contribution in [2.45, 2.75) is 218 Å². The third-order valence-corrected chi connectivity index (χ3v) is 10.8. The van der Waals surface area contributed by atoms with E-state index in [-0.39, 0.29) is 16.3 Å². The highest BCUT2D eigenvalue weighted by atomic mass is 32.2. The van der Waals surface area contributed by atoms with Gasteiger partial charge in [0.25, 0.3) is 0 Å². The highest BCUT2D eigenvalue weighted by Gasteiger charge is 2.31. The lowest BCUT2D eigenvalue weighted by atomic mass is 10.1. The van der Waals surface area contributed by atoms with Crippen LogP contribution in [0.5, 0.6) is 0 Å². The zero-order valence-electron chi connectivity index (χ0n) is 29.6. The van der Waals surface area contributed by atoms with E-state index in [1.54, 1.807) is 0 Å². The van der Waals surface area contributed by atoms with Crippen LogP contribution in [0.4, 0.5) is 0 Å². The minimum Gasteiger partial charge on any atom is -0.374 e. The summed E-state index contributed by atoms with van der Waals surface area (Å²) in [6.45, 7) is 11.2. The lowest BCUT2D eigenvalue weighted by Gasteiger charge is -2.27. The maximum atomic E-state index is 6.54. The molecule has 258 valence electrons. The van der Waals surface area contributed by atoms with Crippen LogP contribution in [0.3, 0.4) is 0 Å². The second kappa shape index (κ2) is 35.8. The van der Waals surface area contributed by atoms with E-state index in [0.29, 0.717) is 0 Å². The molecule has 0 aliphatic carbocycles. The molecule has 0 heterocycles. The van der Waals surface area contributed by atoms with Crippen LogP contribution in [-0.4, -0.2) is 35.1 Å². The molecule has 0 saturated carbocycles. The molecule has 7 heteroatoms. The van der Waals surface area contributed by atoms with Crippen molar-refractivity contribution < 1.29 is 14.0 Å². The third-order valence-electron chi connectivity index (χ3n) is 7.98. The van der Waals surface area contributed by atoms with E-state index in [1.807, 2.05) is 23.5 Å². The van der Waals surface area contributed by atoms with Gasteiger partial charge in [-0.1, -0.05) is 169 Å². The van der Waals surface area contributed by atoms with Crippen molar-refractivity contribution in [2.24, 2.45) is 0 Å². The van der Waals surface area contributed by atoms with Crippen LogP contribution in [0.25, 0.3) is 0 Å². The maximum Gasteiger partial charge on any atom is 0.641 e. The van der Waals surface area contributed by atoms with Crippen molar-refractivity contribution >= 4 is 43.5 Å². The van der Waals surface area contributed by atoms with Gasteiger partial charge in [-0.3, -0.25) is 0 Å². The zero-order chi connectivity index (χ0) is 31.6. The minimum atomic E-state index is -0.637. The van der Waals surface area contributed by atoms with E-state index in [9.17, 15) is 0 Å². The van der Waals surface area contributed by atoms with Gasteiger partial charge in [0.1, 0.15) is 0 Å². The number of hydrogen-bond acceptors (Lipinski definition) is 6. The van der Waals surface area contributed by atoms with E-state index < -0.39 is 7.32 Å². The first-order chi connectivity index (χ1) is 21.1. The summed E-state index contributed by atoms with van der Waals surface area (Å²) in [7, 11) is -0.637. The molecule has 0 aromatic heterocycles. The number of thioether (sulfide) groups is 2. The van der Waals surface area contributed by atoms with Crippen molar-refractivity contribution in [3.8, 4) is 0 Å². The summed E-state index contributed by atoms with van der Waals surface area (Å²) in [6.07, 6.45) is 33.8. The van der Waals surface area contributed by atoms with Gasteiger partial charge < -0.3 is 14.0 Å². The predicted molar refractivity (Wildman–Crippen MR) is 203 cm³/mol. The summed E-state index contributed by atoms with van der Waals surface area (Å²) >= 11 is 8.61. The van der Waals surface area contributed by atoms with E-state index in [4.69, 9.17) is 26.6 Å². The largest absolute Gasteiger partial charge is 0.641 e. The molecule has 0 bridgehead atoms. The topological polar surface area (TPSA) is 27.7 Å². The molecular formula is C36H75BO3S3. The molecule has 3 nitrogen and oxygen atoms in total. The van der Waals surface area contributed by atoms with E-state index in [2.05, 4.69) is 34.6 Å². The van der Waals surface area contributed by atoms with Crippen molar-refractivity contribution in [2.75, 3.05) is 11.5 Å². The van der Waals surface area contributed by atoms with Crippen LogP contribution in [0.2, 0.25) is 0 Å². The first kappa shape index (κ1) is 44.0. The van der Waals surface area contributed by atoms with Gasteiger partial charge in [0.2, 0.25) is 0 Å². The molecule has 0 aliphatic heterocycles. The Bertz CT molecular complexity index is 494. The quantitative estimate of drug-likeness (QED) is 0.0312. The monoisotopic (exact) mass is 662 g/mol. The first-order valence-corrected chi connectivity index (χ1v) is 21.6. The molecule has 0 N–H and O–H groups in total. The number of hydrogen-bond donors (Lipinski definition) is 1. The highest BCUT2D eigenvalue weighted by molar-refractivity contribution is 8.00. The summed E-state index contributed by atoms with van der Waals surface area (Å²) in [5, 5.41) is 0. The Morgan fingerprint density at radius 1 is 0.419 bits per heavy atom. The Balaban J connectivity index is 4.52. The van der Waals surface area contributed by atoms with Gasteiger partial charge in [-0.2, -0.15) is 0 Å². The van der Waals surface area contributed by atoms with Crippen LogP contribution in [-0.2, 0) is 14.0 Å². The van der Waals surface area contributed by atoms with E-state index in [1.165, 1.54) is 128 Å². The standard InChI is InChI=1S/C36H75BO3S3/c1-6-11-13-15-17-19-21-23-25-27-32-42-35(30-9-4)39-37(38-34(41)29-8-3)40-36(31-10-5)43-33-28-26-24-22-20-18-16-14-12-7-2/h34-36,41H,6-33H2,1-5H3. The Kier molecular flexibility index (Phi) is 36.7. The smallest absolute Gasteiger partial charge is 0.374 e. The SMILES string of the molecule is CCCCCCCCCCCCSC(CCC)OB(OC(S)CCC)OC(CCC)SCCCCCCCCCCCC. The van der Waals surface area contributed by atoms with Crippen LogP contribution in [0.15, 0.2) is 0 Å². The average Bonchev–Trinajstić information content (AvgIpc) is 2.98. The van der Waals surface area contributed by atoms with Crippen LogP contribution in [0.1, 0.15) is 202 Å². The molecule has 0 saturated heterocycles. The fourth-order valence-corrected chi connectivity index (χ4v) is 8.02. The molecule has 0 fully saturated rings. The molecule has 43 heavy (non-hydrogen) atoms. The Morgan fingerprint density at radius 3 is 1.07 bits per heavy atom. The summed E-state index contributed by atoms with van der Waals surface area (Å²) in [6, 6.07) is 0. The summed E-state index contributed by atoms with van der Waals surface area (Å²) in [4.78, 5) is 0. The van der Waals surface area contributed by atoms with Crippen molar-refractivity contribution in [3.63, 3.8) is 0 Å². The third kappa shape index (κ3) is 31.4. The van der Waals surface area contributed by atoms with E-state index >= 15 is 0 Å². The molecule has 3 unspecified atom stereocenters. The molecule has 0 spiro atoms. The molecule has 0 aromatic rings. The van der Waals surface area contributed by atoms with Gasteiger partial charge in [0.15, 0.2) is 0 Å². The second-order valence-corrected chi connectivity index (χ2v) is 15.6. The Morgan fingerprint density at radius 2 is 0.744 bits per heavy atom. The van der Waals surface area contributed by atoms with Gasteiger partial charge in [0, 0.05) is 0 Å². The molecule has 0 aliphatic rings. The molecule has 0 amide bonds. The highest BCUT2D eigenvalue weighted by Crippen LogP contribution is 2.27. The van der Waals surface area contributed by atoms with Crippen molar-refractivity contribution in [1.82, 2.24) is 0 Å². The summed E-state index contributed by atoms with van der Waals surface area (Å²) < 4.78 is 19.3. The van der Waals surface area contributed by atoms with Gasteiger partial charge in [-0.05, 0) is 43.6 Å². The molecule has 0 rings (SSSR count). The van der Waals surface area contributed by atoms with Crippen molar-refractivity contribution in [1.29, 1.82) is 0 Å². The van der Waals surface area contributed by atoms with Crippen molar-refractivity contribution in [3.05, 3.63) is 0 Å². The van der Waals surface area contributed by atoms with Crippen LogP contribution >= 0.6 is 36.2 Å². The van der Waals surface area contributed by atoms with Gasteiger partial charge in [-0.25, -0.2) is 0 Å². The first-order valence-electron chi connectivity index (χ1n) is 19.0. The van der Waals surface area contributed by atoms with E-state index in [0.717, 1.165) is 50.0 Å². The van der Waals surface area contributed by atoms with Crippen LogP contribution in [0, 0.1) is 0 Å². The fraction of sp³-hybridized carbons (Fsp3) is 1.00. The molecule has 0 aromatic carbocycles. The normalized spacial score (nSPS) is 13.8. The lowest BCUT2D eigenvalue weighted by Crippen LogP contribution is -2.36. The average molecular weight is 663 g/mol. The zero-order valence-corrected chi connectivity index (χ0v) is 32.1. The molecule has 3 atom stereocenters. The van der Waals surface area contributed by atoms with Crippen LogP contribution < -0.4 is 0 Å². The summed E-state index contributed by atoms with van der Waals surface area (Å²) in [5.41, 5.74) is 0.0773. The minimum absolute atomic E-state index is 0.116. The van der Waals surface area contributed by atoms with Gasteiger partial charge >= 0.3 is 7.32 Å². The molecular weight excluding hydrogens is 587 g/mol. The number of rotatable bonds is 36. The predicted octanol–water partition coefficient (Wildman–Crippen LogP) is 13.6. The number of thiol groups is 1. The Hall–Kier alpha value is 0.995. The van der Waals surface area contributed by atoms with Gasteiger partial charge in [0.05, 0.1) is 16.3 Å². The van der Waals surface area contributed by atoms with Gasteiger partial charge in [-0.15, -0.1) is 36.2 Å². The fourth-order valence-electron chi connectivity index (χ4n) is 5.25.